The summed E-state index contributed by atoms with van der Waals surface area (Å²) in [5.41, 5.74) is 1.70. The number of aldehydes is 1. The summed E-state index contributed by atoms with van der Waals surface area (Å²) in [7, 11) is 0. The summed E-state index contributed by atoms with van der Waals surface area (Å²) in [4.78, 5) is 30.7. The number of rotatable bonds is 7. The van der Waals surface area contributed by atoms with Gasteiger partial charge >= 0.3 is 0 Å². The lowest BCUT2D eigenvalue weighted by molar-refractivity contribution is -0.183. The molecule has 0 spiro atoms. The lowest BCUT2D eigenvalue weighted by Crippen LogP contribution is -2.62. The van der Waals surface area contributed by atoms with Crippen LogP contribution in [0.5, 0.6) is 0 Å². The topological polar surface area (TPSA) is 99.1 Å². The summed E-state index contributed by atoms with van der Waals surface area (Å²) in [6.45, 7) is 8.50. The molecule has 32 heavy (non-hydrogen) atoms. The average molecular weight is 445 g/mol. The Morgan fingerprint density at radius 1 is 1.38 bits per heavy atom. The molecule has 0 aromatic heterocycles. The zero-order chi connectivity index (χ0) is 23.2. The monoisotopic (exact) mass is 444 g/mol. The number of carbonyl (C=O) groups excluding carboxylic acids is 2. The van der Waals surface area contributed by atoms with Crippen LogP contribution in [0.3, 0.4) is 0 Å². The third-order valence-corrected chi connectivity index (χ3v) is 8.49. The SMILES string of the molecule is C[C@@H]1[C@@H](NC(=O)[C@@H]2[C@H]([C@H](C)O)[C@H](CO)ON2Cc2cccc(C=O)c2)C[C@@H]2C[C@H]1C2(C)C. The Bertz CT molecular complexity index is 856. The van der Waals surface area contributed by atoms with Gasteiger partial charge in [-0.1, -0.05) is 39.0 Å². The fourth-order valence-electron chi connectivity index (χ4n) is 6.43. The quantitative estimate of drug-likeness (QED) is 0.558. The highest BCUT2D eigenvalue weighted by molar-refractivity contribution is 5.83. The molecule has 4 fully saturated rings. The maximum Gasteiger partial charge on any atom is 0.240 e. The van der Waals surface area contributed by atoms with Gasteiger partial charge < -0.3 is 15.5 Å². The maximum absolute atomic E-state index is 13.6. The van der Waals surface area contributed by atoms with E-state index in [1.54, 1.807) is 30.2 Å². The van der Waals surface area contributed by atoms with Crippen LogP contribution < -0.4 is 5.32 Å². The smallest absolute Gasteiger partial charge is 0.240 e. The number of carbonyl (C=O) groups is 2. The molecule has 176 valence electrons. The van der Waals surface area contributed by atoms with Crippen LogP contribution in [0, 0.1) is 29.1 Å². The van der Waals surface area contributed by atoms with E-state index < -0.39 is 24.2 Å². The van der Waals surface area contributed by atoms with Gasteiger partial charge in [-0.2, -0.15) is 5.06 Å². The first-order valence-corrected chi connectivity index (χ1v) is 11.7. The normalized spacial score (nSPS) is 36.9. The molecule has 0 radical (unpaired) electrons. The Morgan fingerprint density at radius 2 is 2.12 bits per heavy atom. The first-order chi connectivity index (χ1) is 15.2. The van der Waals surface area contributed by atoms with Crippen molar-refractivity contribution in [2.24, 2.45) is 29.1 Å². The molecule has 5 rings (SSSR count). The number of fused-ring (bicyclic) bond motifs is 2. The molecule has 1 aromatic rings. The molecule has 1 aliphatic heterocycles. The Hall–Kier alpha value is -1.80. The van der Waals surface area contributed by atoms with Crippen LogP contribution in [-0.4, -0.2) is 58.4 Å². The van der Waals surface area contributed by atoms with Gasteiger partial charge in [-0.15, -0.1) is 0 Å². The van der Waals surface area contributed by atoms with Gasteiger partial charge in [-0.3, -0.25) is 14.4 Å². The lowest BCUT2D eigenvalue weighted by Gasteiger charge is -2.62. The third-order valence-electron chi connectivity index (χ3n) is 8.49. The summed E-state index contributed by atoms with van der Waals surface area (Å²) >= 11 is 0. The van der Waals surface area contributed by atoms with Crippen molar-refractivity contribution in [3.8, 4) is 0 Å². The van der Waals surface area contributed by atoms with Gasteiger partial charge in [0.1, 0.15) is 18.4 Å². The summed E-state index contributed by atoms with van der Waals surface area (Å²) in [6.07, 6.45) is 1.48. The number of benzene rings is 1. The molecule has 8 atom stereocenters. The van der Waals surface area contributed by atoms with Crippen molar-refractivity contribution in [3.63, 3.8) is 0 Å². The van der Waals surface area contributed by atoms with E-state index in [4.69, 9.17) is 4.84 Å². The van der Waals surface area contributed by atoms with Gasteiger partial charge in [0.25, 0.3) is 0 Å². The Morgan fingerprint density at radius 3 is 2.72 bits per heavy atom. The second kappa shape index (κ2) is 8.86. The van der Waals surface area contributed by atoms with Crippen LogP contribution in [0.4, 0.5) is 0 Å². The predicted molar refractivity (Wildman–Crippen MR) is 119 cm³/mol. The fraction of sp³-hybridized carbons (Fsp3) is 0.680. The molecule has 7 heteroatoms. The van der Waals surface area contributed by atoms with E-state index >= 15 is 0 Å². The number of amides is 1. The highest BCUT2D eigenvalue weighted by Gasteiger charge is 2.57. The van der Waals surface area contributed by atoms with Crippen LogP contribution in [-0.2, 0) is 16.2 Å². The number of aliphatic hydroxyl groups is 2. The minimum absolute atomic E-state index is 0.0994. The van der Waals surface area contributed by atoms with E-state index in [1.165, 1.54) is 6.42 Å². The minimum Gasteiger partial charge on any atom is -0.394 e. The van der Waals surface area contributed by atoms with E-state index in [9.17, 15) is 19.8 Å². The van der Waals surface area contributed by atoms with Crippen molar-refractivity contribution in [3.05, 3.63) is 35.4 Å². The molecule has 1 saturated heterocycles. The standard InChI is InChI=1S/C25H36N2O5/c1-14-19-9-18(25(19,3)4)10-20(14)26-24(31)23-22(15(2)30)21(13-29)32-27(23)11-16-6-5-7-17(8-16)12-28/h5-8,12,14-15,18-23,29-30H,9-11,13H2,1-4H3,(H,26,31)/t14-,15-,18-,19+,20-,21-,22+,23-/m0/s1. The van der Waals surface area contributed by atoms with E-state index in [2.05, 4.69) is 26.1 Å². The van der Waals surface area contributed by atoms with Crippen LogP contribution in [0.15, 0.2) is 24.3 Å². The van der Waals surface area contributed by atoms with Crippen molar-refractivity contribution in [2.45, 2.75) is 71.4 Å². The van der Waals surface area contributed by atoms with Gasteiger partial charge in [0.15, 0.2) is 0 Å². The van der Waals surface area contributed by atoms with Crippen LogP contribution in [0.25, 0.3) is 0 Å². The molecule has 2 bridgehead atoms. The Kier molecular flexibility index (Phi) is 6.47. The second-order valence-corrected chi connectivity index (χ2v) is 10.6. The van der Waals surface area contributed by atoms with Crippen molar-refractivity contribution < 1.29 is 24.6 Å². The van der Waals surface area contributed by atoms with Gasteiger partial charge in [0, 0.05) is 17.5 Å². The molecule has 1 amide bonds. The van der Waals surface area contributed by atoms with Gasteiger partial charge in [-0.25, -0.2) is 0 Å². The molecule has 1 aromatic carbocycles. The predicted octanol–water partition coefficient (Wildman–Crippen LogP) is 2.16. The highest BCUT2D eigenvalue weighted by atomic mass is 16.7. The summed E-state index contributed by atoms with van der Waals surface area (Å²) in [5, 5.41) is 25.2. The van der Waals surface area contributed by atoms with Gasteiger partial charge in [0.2, 0.25) is 5.91 Å². The van der Waals surface area contributed by atoms with Crippen molar-refractivity contribution in [1.82, 2.24) is 10.4 Å². The Balaban J connectivity index is 1.54. The van der Waals surface area contributed by atoms with Crippen LogP contribution in [0.1, 0.15) is 56.5 Å². The number of nitrogens with zero attached hydrogens (tertiary/aromatic N) is 1. The fourth-order valence-corrected chi connectivity index (χ4v) is 6.43. The number of hydrogen-bond donors (Lipinski definition) is 3. The number of hydrogen-bond acceptors (Lipinski definition) is 6. The maximum atomic E-state index is 13.6. The van der Waals surface area contributed by atoms with Crippen LogP contribution >= 0.6 is 0 Å². The average Bonchev–Trinajstić information content (AvgIpc) is 3.13. The molecule has 3 saturated carbocycles. The zero-order valence-corrected chi connectivity index (χ0v) is 19.4. The first-order valence-electron chi connectivity index (χ1n) is 11.7. The summed E-state index contributed by atoms with van der Waals surface area (Å²) in [5.74, 6) is 0.881. The second-order valence-electron chi connectivity index (χ2n) is 10.6. The number of hydroxylamine groups is 2. The Labute approximate surface area is 190 Å². The lowest BCUT2D eigenvalue weighted by atomic mass is 9.45. The van der Waals surface area contributed by atoms with Gasteiger partial charge in [0.05, 0.1) is 19.3 Å². The van der Waals surface area contributed by atoms with E-state index in [-0.39, 0.29) is 25.1 Å². The minimum atomic E-state index is -0.828. The molecular weight excluding hydrogens is 408 g/mol. The molecule has 4 aliphatic rings. The van der Waals surface area contributed by atoms with Crippen molar-refractivity contribution in [2.75, 3.05) is 6.61 Å². The van der Waals surface area contributed by atoms with Crippen molar-refractivity contribution >= 4 is 12.2 Å². The molecule has 3 N–H and O–H groups in total. The first kappa shape index (κ1) is 23.4. The summed E-state index contributed by atoms with van der Waals surface area (Å²) in [6, 6.07) is 6.50. The molecular formula is C25H36N2O5. The largest absolute Gasteiger partial charge is 0.394 e. The molecule has 0 unspecified atom stereocenters. The molecule has 3 aliphatic carbocycles. The van der Waals surface area contributed by atoms with E-state index in [0.29, 0.717) is 28.7 Å². The van der Waals surface area contributed by atoms with Crippen molar-refractivity contribution in [1.29, 1.82) is 0 Å². The van der Waals surface area contributed by atoms with Crippen LogP contribution in [0.2, 0.25) is 0 Å². The zero-order valence-electron chi connectivity index (χ0n) is 19.4. The number of aliphatic hydroxyl groups excluding tert-OH is 2. The molecule has 1 heterocycles. The number of nitrogens with one attached hydrogen (secondary N) is 1. The highest BCUT2D eigenvalue weighted by Crippen LogP contribution is 2.61. The summed E-state index contributed by atoms with van der Waals surface area (Å²) < 4.78 is 0. The van der Waals surface area contributed by atoms with E-state index in [0.717, 1.165) is 18.3 Å². The molecule has 7 nitrogen and oxygen atoms in total. The van der Waals surface area contributed by atoms with Gasteiger partial charge in [-0.05, 0) is 54.6 Å². The third kappa shape index (κ3) is 4.00. The van der Waals surface area contributed by atoms with E-state index in [1.807, 2.05) is 6.07 Å².